The van der Waals surface area contributed by atoms with Crippen molar-refractivity contribution in [3.63, 3.8) is 0 Å². The lowest BCUT2D eigenvalue weighted by molar-refractivity contribution is 0.623. The molecule has 0 bridgehead atoms. The fourth-order valence-electron chi connectivity index (χ4n) is 1.29. The highest BCUT2D eigenvalue weighted by molar-refractivity contribution is 6.30. The quantitative estimate of drug-likeness (QED) is 0.877. The summed E-state index contributed by atoms with van der Waals surface area (Å²) in [7, 11) is 1.78. The van der Waals surface area contributed by atoms with Crippen LogP contribution in [0.4, 0.5) is 4.39 Å². The minimum atomic E-state index is -0.495. The van der Waals surface area contributed by atoms with Gasteiger partial charge < -0.3 is 5.32 Å². The van der Waals surface area contributed by atoms with Crippen molar-refractivity contribution in [3.05, 3.63) is 34.9 Å². The van der Waals surface area contributed by atoms with E-state index in [0.29, 0.717) is 18.1 Å². The van der Waals surface area contributed by atoms with Crippen molar-refractivity contribution in [1.29, 1.82) is 0 Å². The van der Waals surface area contributed by atoms with Crippen molar-refractivity contribution in [2.75, 3.05) is 7.05 Å². The number of rotatable bonds is 3. The maximum absolute atomic E-state index is 13.3. The predicted octanol–water partition coefficient (Wildman–Crippen LogP) is 1.17. The van der Waals surface area contributed by atoms with Gasteiger partial charge in [-0.1, -0.05) is 11.6 Å². The smallest absolute Gasteiger partial charge is 0.170 e. The SMILES string of the molecule is CNCc1nnnn1-c1ccc(Cl)c(F)c1. The summed E-state index contributed by atoms with van der Waals surface area (Å²) in [6.07, 6.45) is 0. The van der Waals surface area contributed by atoms with Crippen molar-refractivity contribution in [2.45, 2.75) is 6.54 Å². The zero-order chi connectivity index (χ0) is 11.5. The van der Waals surface area contributed by atoms with Gasteiger partial charge in [0.25, 0.3) is 0 Å². The van der Waals surface area contributed by atoms with Crippen LogP contribution < -0.4 is 5.32 Å². The molecule has 5 nitrogen and oxygen atoms in total. The van der Waals surface area contributed by atoms with Gasteiger partial charge in [-0.3, -0.25) is 0 Å². The molecule has 0 saturated heterocycles. The van der Waals surface area contributed by atoms with Crippen LogP contribution in [0.1, 0.15) is 5.82 Å². The van der Waals surface area contributed by atoms with Gasteiger partial charge in [0.1, 0.15) is 5.82 Å². The van der Waals surface area contributed by atoms with Crippen molar-refractivity contribution < 1.29 is 4.39 Å². The maximum atomic E-state index is 13.3. The Labute approximate surface area is 96.2 Å². The lowest BCUT2D eigenvalue weighted by atomic mass is 10.3. The van der Waals surface area contributed by atoms with Gasteiger partial charge in [-0.05, 0) is 29.6 Å². The average Bonchev–Trinajstić information content (AvgIpc) is 2.71. The first-order valence-electron chi connectivity index (χ1n) is 4.59. The van der Waals surface area contributed by atoms with Gasteiger partial charge in [0.05, 0.1) is 17.3 Å². The van der Waals surface area contributed by atoms with Gasteiger partial charge >= 0.3 is 0 Å². The van der Waals surface area contributed by atoms with E-state index in [9.17, 15) is 4.39 Å². The van der Waals surface area contributed by atoms with Crippen molar-refractivity contribution >= 4 is 11.6 Å². The zero-order valence-electron chi connectivity index (χ0n) is 8.48. The van der Waals surface area contributed by atoms with Crippen LogP contribution in [-0.2, 0) is 6.54 Å². The van der Waals surface area contributed by atoms with Gasteiger partial charge in [0.15, 0.2) is 5.82 Å². The number of hydrogen-bond donors (Lipinski definition) is 1. The largest absolute Gasteiger partial charge is 0.313 e. The Morgan fingerprint density at radius 1 is 1.50 bits per heavy atom. The van der Waals surface area contributed by atoms with Gasteiger partial charge in [0.2, 0.25) is 0 Å². The number of tetrazole rings is 1. The monoisotopic (exact) mass is 241 g/mol. The molecule has 84 valence electrons. The van der Waals surface area contributed by atoms with Gasteiger partial charge in [-0.2, -0.15) is 4.68 Å². The average molecular weight is 242 g/mol. The van der Waals surface area contributed by atoms with Crippen LogP contribution in [-0.4, -0.2) is 27.3 Å². The summed E-state index contributed by atoms with van der Waals surface area (Å²) < 4.78 is 14.7. The predicted molar refractivity (Wildman–Crippen MR) is 56.9 cm³/mol. The molecule has 0 radical (unpaired) electrons. The molecule has 0 aliphatic carbocycles. The molecule has 0 fully saturated rings. The topological polar surface area (TPSA) is 55.6 Å². The minimum Gasteiger partial charge on any atom is -0.313 e. The Balaban J connectivity index is 2.42. The first-order chi connectivity index (χ1) is 7.72. The second kappa shape index (κ2) is 4.54. The Hall–Kier alpha value is -1.53. The summed E-state index contributed by atoms with van der Waals surface area (Å²) in [6, 6.07) is 4.41. The van der Waals surface area contributed by atoms with Gasteiger partial charge in [-0.25, -0.2) is 4.39 Å². The number of aromatic nitrogens is 4. The van der Waals surface area contributed by atoms with Crippen LogP contribution in [0, 0.1) is 5.82 Å². The first kappa shape index (κ1) is 11.0. The van der Waals surface area contributed by atoms with Crippen molar-refractivity contribution in [3.8, 4) is 5.69 Å². The minimum absolute atomic E-state index is 0.0759. The van der Waals surface area contributed by atoms with Crippen LogP contribution in [0.15, 0.2) is 18.2 Å². The maximum Gasteiger partial charge on any atom is 0.170 e. The Bertz CT molecular complexity index is 498. The summed E-state index contributed by atoms with van der Waals surface area (Å²) in [5, 5.41) is 14.1. The van der Waals surface area contributed by atoms with E-state index in [1.165, 1.54) is 16.8 Å². The Morgan fingerprint density at radius 2 is 2.31 bits per heavy atom. The van der Waals surface area contributed by atoms with Gasteiger partial charge in [-0.15, -0.1) is 5.10 Å². The number of halogens is 2. The van der Waals surface area contributed by atoms with Crippen LogP contribution in [0.5, 0.6) is 0 Å². The van der Waals surface area contributed by atoms with E-state index in [0.717, 1.165) is 0 Å². The molecule has 0 unspecified atom stereocenters. The van der Waals surface area contributed by atoms with Crippen LogP contribution in [0.2, 0.25) is 5.02 Å². The fraction of sp³-hybridized carbons (Fsp3) is 0.222. The molecule has 1 aromatic heterocycles. The molecule has 2 aromatic rings. The molecule has 16 heavy (non-hydrogen) atoms. The Kier molecular flexibility index (Phi) is 3.12. The van der Waals surface area contributed by atoms with Crippen molar-refractivity contribution in [2.24, 2.45) is 0 Å². The van der Waals surface area contributed by atoms with Gasteiger partial charge in [0, 0.05) is 6.07 Å². The summed E-state index contributed by atoms with van der Waals surface area (Å²) in [6.45, 7) is 0.497. The third-order valence-electron chi connectivity index (χ3n) is 2.02. The number of nitrogens with one attached hydrogen (secondary N) is 1. The highest BCUT2D eigenvalue weighted by Gasteiger charge is 2.09. The van der Waals surface area contributed by atoms with E-state index in [4.69, 9.17) is 11.6 Å². The third-order valence-corrected chi connectivity index (χ3v) is 2.32. The molecule has 2 rings (SSSR count). The second-order valence-electron chi connectivity index (χ2n) is 3.14. The molecule has 1 N–H and O–H groups in total. The lowest BCUT2D eigenvalue weighted by Crippen LogP contribution is -2.12. The molecule has 0 saturated carbocycles. The van der Waals surface area contributed by atoms with Crippen LogP contribution >= 0.6 is 11.6 Å². The normalized spacial score (nSPS) is 10.7. The van der Waals surface area contributed by atoms with Crippen LogP contribution in [0.3, 0.4) is 0 Å². The molecular weight excluding hydrogens is 233 g/mol. The van der Waals surface area contributed by atoms with E-state index >= 15 is 0 Å². The van der Waals surface area contributed by atoms with E-state index < -0.39 is 5.82 Å². The van der Waals surface area contributed by atoms with E-state index in [1.807, 2.05) is 0 Å². The summed E-state index contributed by atoms with van der Waals surface area (Å²) in [4.78, 5) is 0. The first-order valence-corrected chi connectivity index (χ1v) is 4.97. The molecule has 0 aliphatic rings. The Morgan fingerprint density at radius 3 is 3.00 bits per heavy atom. The molecule has 0 atom stereocenters. The third kappa shape index (κ3) is 2.02. The lowest BCUT2D eigenvalue weighted by Gasteiger charge is -2.04. The molecule has 1 heterocycles. The van der Waals surface area contributed by atoms with Crippen molar-refractivity contribution in [1.82, 2.24) is 25.5 Å². The van der Waals surface area contributed by atoms with E-state index in [1.54, 1.807) is 13.1 Å². The highest BCUT2D eigenvalue weighted by atomic mass is 35.5. The van der Waals surface area contributed by atoms with E-state index in [-0.39, 0.29) is 5.02 Å². The number of nitrogens with zero attached hydrogens (tertiary/aromatic N) is 4. The molecule has 7 heteroatoms. The standard InChI is InChI=1S/C9H9ClFN5/c1-12-5-9-13-14-15-16(9)6-2-3-7(10)8(11)4-6/h2-4,12H,5H2,1H3. The molecule has 0 spiro atoms. The second-order valence-corrected chi connectivity index (χ2v) is 3.54. The zero-order valence-corrected chi connectivity index (χ0v) is 9.24. The van der Waals surface area contributed by atoms with E-state index in [2.05, 4.69) is 20.8 Å². The number of benzene rings is 1. The molecule has 0 amide bonds. The molecule has 1 aromatic carbocycles. The summed E-state index contributed by atoms with van der Waals surface area (Å²) in [5.41, 5.74) is 0.539. The summed E-state index contributed by atoms with van der Waals surface area (Å²) >= 11 is 5.59. The number of hydrogen-bond acceptors (Lipinski definition) is 4. The summed E-state index contributed by atoms with van der Waals surface area (Å²) in [5.74, 6) is 0.106. The fourth-order valence-corrected chi connectivity index (χ4v) is 1.41. The highest BCUT2D eigenvalue weighted by Crippen LogP contribution is 2.18. The molecule has 0 aliphatic heterocycles. The van der Waals surface area contributed by atoms with Crippen LogP contribution in [0.25, 0.3) is 5.69 Å². The molecular formula is C9H9ClFN5.